The van der Waals surface area contributed by atoms with Crippen LogP contribution in [0, 0.1) is 0 Å². The fourth-order valence-electron chi connectivity index (χ4n) is 1.95. The summed E-state index contributed by atoms with van der Waals surface area (Å²) in [6.07, 6.45) is 0.991. The van der Waals surface area contributed by atoms with E-state index in [2.05, 4.69) is 21.2 Å². The predicted octanol–water partition coefficient (Wildman–Crippen LogP) is 0.792. The molecule has 1 aromatic carbocycles. The van der Waals surface area contributed by atoms with Crippen LogP contribution in [0.5, 0.6) is 0 Å². The third-order valence-electron chi connectivity index (χ3n) is 2.63. The summed E-state index contributed by atoms with van der Waals surface area (Å²) in [5.74, 6) is 0.588. The average Bonchev–Trinajstić information content (AvgIpc) is 2.83. The summed E-state index contributed by atoms with van der Waals surface area (Å²) < 4.78 is 0. The van der Waals surface area contributed by atoms with Crippen LogP contribution in [0.15, 0.2) is 29.1 Å². The number of fused-ring (bicyclic) bond motifs is 1. The third kappa shape index (κ3) is 1.24. The first kappa shape index (κ1) is 8.28. The topological polar surface area (TPSA) is 64.8 Å². The largest absolute Gasteiger partial charge is 0.342 e. The number of benzene rings is 1. The molecule has 0 spiro atoms. The van der Waals surface area contributed by atoms with Crippen molar-refractivity contribution >= 4 is 11.6 Å². The lowest BCUT2D eigenvalue weighted by molar-refractivity contribution is 0.942. The van der Waals surface area contributed by atoms with Gasteiger partial charge < -0.3 is 4.90 Å². The van der Waals surface area contributed by atoms with Gasteiger partial charge in [0.15, 0.2) is 0 Å². The second kappa shape index (κ2) is 2.98. The number of rotatable bonds is 1. The Labute approximate surface area is 85.8 Å². The maximum absolute atomic E-state index is 11.0. The minimum atomic E-state index is -0.269. The van der Waals surface area contributed by atoms with Gasteiger partial charge in [0.05, 0.1) is 0 Å². The number of para-hydroxylation sites is 1. The van der Waals surface area contributed by atoms with Crippen molar-refractivity contribution in [3.05, 3.63) is 40.3 Å². The van der Waals surface area contributed by atoms with E-state index in [9.17, 15) is 4.79 Å². The fourth-order valence-corrected chi connectivity index (χ4v) is 1.95. The maximum Gasteiger partial charge on any atom is 0.342 e. The Balaban J connectivity index is 2.07. The molecule has 2 aromatic rings. The SMILES string of the molecule is O=c1[nH]nc(N2CCc3ccccc32)[nH]1. The zero-order valence-electron chi connectivity index (χ0n) is 8.03. The Morgan fingerprint density at radius 3 is 3.00 bits per heavy atom. The van der Waals surface area contributed by atoms with Crippen molar-refractivity contribution in [2.45, 2.75) is 6.42 Å². The highest BCUT2D eigenvalue weighted by Crippen LogP contribution is 2.31. The molecule has 1 aliphatic rings. The zero-order valence-corrected chi connectivity index (χ0v) is 8.03. The van der Waals surface area contributed by atoms with Gasteiger partial charge in [-0.15, -0.1) is 5.10 Å². The van der Waals surface area contributed by atoms with Gasteiger partial charge in [-0.3, -0.25) is 4.98 Å². The van der Waals surface area contributed by atoms with E-state index in [4.69, 9.17) is 0 Å². The monoisotopic (exact) mass is 202 g/mol. The number of H-pyrrole nitrogens is 2. The Morgan fingerprint density at radius 1 is 1.33 bits per heavy atom. The van der Waals surface area contributed by atoms with Gasteiger partial charge in [0, 0.05) is 12.2 Å². The Kier molecular flexibility index (Phi) is 1.65. The molecule has 15 heavy (non-hydrogen) atoms. The maximum atomic E-state index is 11.0. The van der Waals surface area contributed by atoms with E-state index < -0.39 is 0 Å². The van der Waals surface area contributed by atoms with E-state index in [0.717, 1.165) is 18.7 Å². The molecule has 0 bridgehead atoms. The molecule has 5 nitrogen and oxygen atoms in total. The Bertz CT molecular complexity index is 542. The number of hydrogen-bond acceptors (Lipinski definition) is 3. The van der Waals surface area contributed by atoms with E-state index in [1.54, 1.807) is 0 Å². The molecule has 0 saturated heterocycles. The van der Waals surface area contributed by atoms with Gasteiger partial charge in [0.1, 0.15) is 0 Å². The van der Waals surface area contributed by atoms with Crippen molar-refractivity contribution in [3.63, 3.8) is 0 Å². The number of aromatic amines is 2. The molecule has 0 saturated carbocycles. The van der Waals surface area contributed by atoms with Crippen LogP contribution in [0.2, 0.25) is 0 Å². The number of nitrogens with one attached hydrogen (secondary N) is 2. The van der Waals surface area contributed by atoms with Gasteiger partial charge in [-0.2, -0.15) is 0 Å². The van der Waals surface area contributed by atoms with E-state index >= 15 is 0 Å². The molecule has 3 rings (SSSR count). The number of nitrogens with zero attached hydrogens (tertiary/aromatic N) is 2. The summed E-state index contributed by atoms with van der Waals surface area (Å²) in [4.78, 5) is 15.6. The van der Waals surface area contributed by atoms with Crippen molar-refractivity contribution in [1.82, 2.24) is 15.2 Å². The van der Waals surface area contributed by atoms with Crippen molar-refractivity contribution < 1.29 is 0 Å². The summed E-state index contributed by atoms with van der Waals surface area (Å²) in [6, 6.07) is 8.15. The van der Waals surface area contributed by atoms with Crippen LogP contribution >= 0.6 is 0 Å². The third-order valence-corrected chi connectivity index (χ3v) is 2.63. The van der Waals surface area contributed by atoms with E-state index in [1.165, 1.54) is 5.56 Å². The fraction of sp³-hybridized carbons (Fsp3) is 0.200. The molecule has 0 fully saturated rings. The molecule has 1 aliphatic heterocycles. The molecule has 2 N–H and O–H groups in total. The van der Waals surface area contributed by atoms with E-state index in [-0.39, 0.29) is 5.69 Å². The number of hydrogen-bond donors (Lipinski definition) is 2. The molecule has 2 heterocycles. The Hall–Kier alpha value is -2.04. The first-order chi connectivity index (χ1) is 7.34. The van der Waals surface area contributed by atoms with Crippen molar-refractivity contribution in [2.75, 3.05) is 11.4 Å². The van der Waals surface area contributed by atoms with Crippen molar-refractivity contribution in [2.24, 2.45) is 0 Å². The van der Waals surface area contributed by atoms with Gasteiger partial charge in [0.25, 0.3) is 0 Å². The Morgan fingerprint density at radius 2 is 2.20 bits per heavy atom. The summed E-state index contributed by atoms with van der Waals surface area (Å²) in [5.41, 5.74) is 2.15. The van der Waals surface area contributed by atoms with Crippen LogP contribution in [0.3, 0.4) is 0 Å². The zero-order chi connectivity index (χ0) is 10.3. The highest BCUT2D eigenvalue weighted by molar-refractivity contribution is 5.65. The van der Waals surface area contributed by atoms with Crippen LogP contribution in [-0.2, 0) is 6.42 Å². The van der Waals surface area contributed by atoms with Crippen LogP contribution in [-0.4, -0.2) is 21.7 Å². The lowest BCUT2D eigenvalue weighted by Crippen LogP contribution is -2.15. The van der Waals surface area contributed by atoms with E-state index in [0.29, 0.717) is 5.95 Å². The highest BCUT2D eigenvalue weighted by Gasteiger charge is 2.21. The summed E-state index contributed by atoms with van der Waals surface area (Å²) in [6.45, 7) is 0.861. The molecule has 0 unspecified atom stereocenters. The first-order valence-electron chi connectivity index (χ1n) is 4.85. The van der Waals surface area contributed by atoms with Gasteiger partial charge in [-0.1, -0.05) is 18.2 Å². The van der Waals surface area contributed by atoms with Crippen LogP contribution in [0.25, 0.3) is 0 Å². The standard InChI is InChI=1S/C10H10N4O/c15-10-11-9(12-13-10)14-6-5-7-3-1-2-4-8(7)14/h1-4H,5-6H2,(H2,11,12,13,15). The quantitative estimate of drug-likeness (QED) is 0.718. The lowest BCUT2D eigenvalue weighted by atomic mass is 10.2. The highest BCUT2D eigenvalue weighted by atomic mass is 16.1. The van der Waals surface area contributed by atoms with Crippen LogP contribution < -0.4 is 10.6 Å². The first-order valence-corrected chi connectivity index (χ1v) is 4.85. The van der Waals surface area contributed by atoms with Crippen molar-refractivity contribution in [1.29, 1.82) is 0 Å². The lowest BCUT2D eigenvalue weighted by Gasteiger charge is -2.14. The summed E-state index contributed by atoms with van der Waals surface area (Å²) in [5, 5.41) is 6.30. The number of aromatic nitrogens is 3. The van der Waals surface area contributed by atoms with Crippen LogP contribution in [0.4, 0.5) is 11.6 Å². The van der Waals surface area contributed by atoms with E-state index in [1.807, 2.05) is 23.1 Å². The molecule has 5 heteroatoms. The average molecular weight is 202 g/mol. The predicted molar refractivity (Wildman–Crippen MR) is 56.4 cm³/mol. The summed E-state index contributed by atoms with van der Waals surface area (Å²) in [7, 11) is 0. The summed E-state index contributed by atoms with van der Waals surface area (Å²) >= 11 is 0. The molecule has 0 radical (unpaired) electrons. The van der Waals surface area contributed by atoms with Crippen molar-refractivity contribution in [3.8, 4) is 0 Å². The van der Waals surface area contributed by atoms with Gasteiger partial charge in [-0.25, -0.2) is 9.89 Å². The minimum Gasteiger partial charge on any atom is -0.310 e. The molecule has 0 amide bonds. The molecule has 0 aliphatic carbocycles. The molecular formula is C10H10N4O. The van der Waals surface area contributed by atoms with Crippen LogP contribution in [0.1, 0.15) is 5.56 Å². The second-order valence-electron chi connectivity index (χ2n) is 3.53. The molecule has 1 aromatic heterocycles. The van der Waals surface area contributed by atoms with Gasteiger partial charge in [0.2, 0.25) is 5.95 Å². The molecule has 0 atom stereocenters. The molecular weight excluding hydrogens is 192 g/mol. The smallest absolute Gasteiger partial charge is 0.310 e. The number of anilines is 2. The minimum absolute atomic E-state index is 0.269. The van der Waals surface area contributed by atoms with Gasteiger partial charge >= 0.3 is 5.69 Å². The van der Waals surface area contributed by atoms with Gasteiger partial charge in [-0.05, 0) is 18.1 Å². The molecule has 76 valence electrons. The second-order valence-corrected chi connectivity index (χ2v) is 3.53. The normalized spacial score (nSPS) is 14.3.